The molecule has 1 heterocycles. The first-order chi connectivity index (χ1) is 22.7. The average molecular weight is 676 g/mol. The minimum absolute atomic E-state index is 0.105. The molecule has 1 aliphatic rings. The maximum absolute atomic E-state index is 13.7. The lowest BCUT2D eigenvalue weighted by Crippen LogP contribution is -2.56. The van der Waals surface area contributed by atoms with E-state index in [9.17, 15) is 43.8 Å². The molecule has 1 aromatic rings. The number of nitrogens with two attached hydrogens (primary N) is 1. The van der Waals surface area contributed by atoms with Crippen molar-refractivity contribution in [3.05, 3.63) is 35.9 Å². The van der Waals surface area contributed by atoms with E-state index in [0.29, 0.717) is 12.8 Å². The zero-order chi connectivity index (χ0) is 35.8. The lowest BCUT2D eigenvalue weighted by atomic mass is 10.0. The Balaban J connectivity index is 2.41. The number of benzene rings is 1. The number of amides is 6. The Kier molecular flexibility index (Phi) is 15.7. The molecule has 48 heavy (non-hydrogen) atoms. The van der Waals surface area contributed by atoms with Gasteiger partial charge in [-0.3, -0.25) is 34.4 Å². The van der Waals surface area contributed by atoms with Crippen LogP contribution in [0.15, 0.2) is 35.3 Å². The van der Waals surface area contributed by atoms with Crippen LogP contribution in [0.2, 0.25) is 0 Å². The fraction of sp³-hybridized carbons (Fsp3) is 0.533. The molecule has 0 bridgehead atoms. The zero-order valence-corrected chi connectivity index (χ0v) is 27.2. The molecule has 18 nitrogen and oxygen atoms in total. The lowest BCUT2D eigenvalue weighted by Gasteiger charge is -2.32. The molecule has 0 spiro atoms. The van der Waals surface area contributed by atoms with E-state index in [2.05, 4.69) is 36.9 Å². The fourth-order valence-corrected chi connectivity index (χ4v) is 4.87. The van der Waals surface area contributed by atoms with Crippen LogP contribution in [0.5, 0.6) is 0 Å². The number of urea groups is 1. The molecule has 0 radical (unpaired) electrons. The number of nitrogens with zero attached hydrogens (tertiary/aromatic N) is 2. The van der Waals surface area contributed by atoms with Crippen LogP contribution < -0.4 is 37.6 Å². The number of hydrogen-bond acceptors (Lipinski definition) is 9. The number of nitrogens with one attached hydrogen (secondary N) is 6. The molecule has 264 valence electrons. The third-order valence-electron chi connectivity index (χ3n) is 7.49. The van der Waals surface area contributed by atoms with Gasteiger partial charge in [0, 0.05) is 32.6 Å². The van der Waals surface area contributed by atoms with Gasteiger partial charge >= 0.3 is 18.0 Å². The van der Waals surface area contributed by atoms with E-state index < -0.39 is 84.6 Å². The number of carbonyl (C=O) groups is 7. The van der Waals surface area contributed by atoms with E-state index in [-0.39, 0.29) is 31.9 Å². The molecule has 10 N–H and O–H groups in total. The average Bonchev–Trinajstić information content (AvgIpc) is 3.02. The number of guanidine groups is 1. The number of carboxylic acids is 2. The summed E-state index contributed by atoms with van der Waals surface area (Å²) in [5.41, 5.74) is 6.50. The maximum Gasteiger partial charge on any atom is 0.326 e. The van der Waals surface area contributed by atoms with Crippen molar-refractivity contribution in [2.24, 2.45) is 10.7 Å². The minimum Gasteiger partial charge on any atom is -0.480 e. The van der Waals surface area contributed by atoms with E-state index >= 15 is 0 Å². The monoisotopic (exact) mass is 675 g/mol. The van der Waals surface area contributed by atoms with Gasteiger partial charge in [0.2, 0.25) is 23.6 Å². The molecule has 1 aliphatic heterocycles. The van der Waals surface area contributed by atoms with Crippen molar-refractivity contribution in [1.29, 1.82) is 0 Å². The van der Waals surface area contributed by atoms with Gasteiger partial charge in [-0.05, 0) is 45.2 Å². The topological polar surface area (TPSA) is 274 Å². The molecular weight excluding hydrogens is 630 g/mol. The summed E-state index contributed by atoms with van der Waals surface area (Å²) in [6.07, 6.45) is -0.607. The molecule has 6 amide bonds. The quantitative estimate of drug-likeness (QED) is 0.0815. The van der Waals surface area contributed by atoms with Crippen LogP contribution in [0.25, 0.3) is 0 Å². The van der Waals surface area contributed by atoms with E-state index in [1.807, 2.05) is 18.2 Å². The first-order valence-electron chi connectivity index (χ1n) is 15.4. The van der Waals surface area contributed by atoms with Crippen LogP contribution in [0.1, 0.15) is 44.6 Å². The predicted octanol–water partition coefficient (Wildman–Crippen LogP) is -2.13. The summed E-state index contributed by atoms with van der Waals surface area (Å²) in [4.78, 5) is 93.2. The van der Waals surface area contributed by atoms with E-state index in [1.165, 1.54) is 14.0 Å². The van der Waals surface area contributed by atoms with Gasteiger partial charge in [0.15, 0.2) is 5.96 Å². The van der Waals surface area contributed by atoms with Crippen LogP contribution in [0.4, 0.5) is 4.79 Å². The highest BCUT2D eigenvalue weighted by molar-refractivity contribution is 5.95. The molecule has 1 fully saturated rings. The van der Waals surface area contributed by atoms with Crippen LogP contribution in [0.3, 0.4) is 0 Å². The summed E-state index contributed by atoms with van der Waals surface area (Å²) < 4.78 is 0. The molecule has 0 unspecified atom stereocenters. The molecule has 1 aromatic carbocycles. The van der Waals surface area contributed by atoms with E-state index in [4.69, 9.17) is 5.73 Å². The van der Waals surface area contributed by atoms with Crippen molar-refractivity contribution in [3.63, 3.8) is 0 Å². The van der Waals surface area contributed by atoms with Gasteiger partial charge in [-0.1, -0.05) is 30.3 Å². The predicted molar refractivity (Wildman–Crippen MR) is 172 cm³/mol. The number of carboxylic acid groups (broad SMARTS) is 2. The number of hydrogen-bond donors (Lipinski definition) is 9. The Morgan fingerprint density at radius 2 is 1.62 bits per heavy atom. The second kappa shape index (κ2) is 19.4. The zero-order valence-electron chi connectivity index (χ0n) is 27.2. The lowest BCUT2D eigenvalue weighted by molar-refractivity contribution is -0.144. The summed E-state index contributed by atoms with van der Waals surface area (Å²) >= 11 is 0. The number of aliphatic imine (C=N–C) groups is 1. The summed E-state index contributed by atoms with van der Waals surface area (Å²) in [6.45, 7) is 1.69. The largest absolute Gasteiger partial charge is 0.480 e. The fourth-order valence-electron chi connectivity index (χ4n) is 4.87. The van der Waals surface area contributed by atoms with Crippen molar-refractivity contribution in [1.82, 2.24) is 36.8 Å². The third kappa shape index (κ3) is 13.6. The van der Waals surface area contributed by atoms with E-state index in [0.717, 1.165) is 5.56 Å². The van der Waals surface area contributed by atoms with Crippen molar-refractivity contribution in [2.75, 3.05) is 27.2 Å². The standard InChI is InChI=1S/C30H45N9O9/c1-17-25(42)35-19(10-7-13-33-29(31)38-30(48)32-2)16-39(3)22(14-18-8-5-4-6-9-18)26(43)37-20(27(44)45)11-12-23(40)36-21(28(46)47)15-24(41)34-17/h4-6,8-9,17,19-22H,7,10-16H2,1-3H3,(H,34,41)(H,35,42)(H,36,40)(H,37,43)(H,44,45)(H,46,47)(H4,31,32,33,38,48)/t17-,19+,20-,21-,22+/m1/s1. The van der Waals surface area contributed by atoms with Crippen molar-refractivity contribution in [2.45, 2.75) is 75.7 Å². The van der Waals surface area contributed by atoms with Crippen LogP contribution in [-0.4, -0.2) is 120 Å². The first-order valence-corrected chi connectivity index (χ1v) is 15.4. The van der Waals surface area contributed by atoms with Gasteiger partial charge in [-0.2, -0.15) is 0 Å². The summed E-state index contributed by atoms with van der Waals surface area (Å²) in [5.74, 6) is -5.90. The number of aliphatic carboxylic acids is 2. The second-order valence-electron chi connectivity index (χ2n) is 11.4. The maximum atomic E-state index is 13.7. The Labute approximate surface area is 277 Å². The van der Waals surface area contributed by atoms with Crippen LogP contribution >= 0.6 is 0 Å². The highest BCUT2D eigenvalue weighted by atomic mass is 16.4. The minimum atomic E-state index is -1.65. The van der Waals surface area contributed by atoms with Gasteiger partial charge < -0.3 is 42.5 Å². The Hall–Kier alpha value is -5.26. The van der Waals surface area contributed by atoms with Crippen molar-refractivity contribution in [3.8, 4) is 0 Å². The van der Waals surface area contributed by atoms with Gasteiger partial charge in [0.25, 0.3) is 0 Å². The molecule has 2 rings (SSSR count). The van der Waals surface area contributed by atoms with Crippen LogP contribution in [-0.2, 0) is 35.2 Å². The van der Waals surface area contributed by atoms with Gasteiger partial charge in [0.1, 0.15) is 18.1 Å². The summed E-state index contributed by atoms with van der Waals surface area (Å²) in [6, 6.07) is 2.71. The highest BCUT2D eigenvalue weighted by Gasteiger charge is 2.32. The molecular formula is C30H45N9O9. The number of rotatable bonds is 8. The second-order valence-corrected chi connectivity index (χ2v) is 11.4. The molecule has 0 aliphatic carbocycles. The molecule has 1 saturated heterocycles. The SMILES string of the molecule is CNC(=O)NC(N)=NCCC[C@H]1CN(C)[C@@H](Cc2ccccc2)C(=O)N[C@@H](C(=O)O)CCC(=O)N[C@@H](C(=O)O)CC(=O)N[C@H](C)C(=O)N1. The van der Waals surface area contributed by atoms with Crippen molar-refractivity contribution < 1.29 is 43.8 Å². The number of likely N-dealkylation sites (N-methyl/N-ethyl adjacent to an activating group) is 1. The Bertz CT molecular complexity index is 1340. The molecule has 5 atom stereocenters. The Morgan fingerprint density at radius 3 is 2.25 bits per heavy atom. The van der Waals surface area contributed by atoms with Gasteiger partial charge in [-0.15, -0.1) is 0 Å². The first kappa shape index (κ1) is 38.9. The molecule has 0 saturated carbocycles. The number of carbonyl (C=O) groups excluding carboxylic acids is 5. The van der Waals surface area contributed by atoms with E-state index in [1.54, 1.807) is 24.1 Å². The third-order valence-corrected chi connectivity index (χ3v) is 7.49. The molecule has 0 aromatic heterocycles. The highest BCUT2D eigenvalue weighted by Crippen LogP contribution is 2.13. The van der Waals surface area contributed by atoms with Gasteiger partial charge in [0.05, 0.1) is 12.5 Å². The normalized spacial score (nSPS) is 24.1. The van der Waals surface area contributed by atoms with Gasteiger partial charge in [-0.25, -0.2) is 14.4 Å². The Morgan fingerprint density at radius 1 is 0.958 bits per heavy atom. The molecule has 18 heteroatoms. The summed E-state index contributed by atoms with van der Waals surface area (Å²) in [7, 11) is 3.06. The van der Waals surface area contributed by atoms with Crippen molar-refractivity contribution >= 4 is 47.6 Å². The summed E-state index contributed by atoms with van der Waals surface area (Å²) in [5, 5.41) is 34.1. The smallest absolute Gasteiger partial charge is 0.326 e. The van der Waals surface area contributed by atoms with Crippen LogP contribution in [0, 0.1) is 0 Å².